The van der Waals surface area contributed by atoms with Gasteiger partial charge in [-0.3, -0.25) is 4.90 Å². The normalized spacial score (nSPS) is 11.8. The molecule has 5 nitrogen and oxygen atoms in total. The molecule has 0 bridgehead atoms. The zero-order valence-electron chi connectivity index (χ0n) is 15.1. The van der Waals surface area contributed by atoms with Crippen LogP contribution in [0.25, 0.3) is 0 Å². The van der Waals surface area contributed by atoms with Crippen LogP contribution in [0.3, 0.4) is 0 Å². The standard InChI is InChI=1S/C18H32N4O/c1-5-19-18(20-12-13-23-4)21-14-16-10-8-9-11-17(16)15-22(6-2)7-3/h8-11H,5-7,12-15H2,1-4H3,(H2,19,20,21). The third kappa shape index (κ3) is 7.48. The highest BCUT2D eigenvalue weighted by Gasteiger charge is 2.06. The fourth-order valence-corrected chi connectivity index (χ4v) is 2.33. The SMILES string of the molecule is CCNC(=NCc1ccccc1CN(CC)CC)NCCOC. The number of hydrogen-bond acceptors (Lipinski definition) is 3. The number of rotatable bonds is 10. The Balaban J connectivity index is 2.74. The van der Waals surface area contributed by atoms with Crippen LogP contribution < -0.4 is 10.6 Å². The van der Waals surface area contributed by atoms with E-state index < -0.39 is 0 Å². The highest BCUT2D eigenvalue weighted by atomic mass is 16.5. The molecule has 0 amide bonds. The first-order chi connectivity index (χ1) is 11.2. The molecular weight excluding hydrogens is 288 g/mol. The molecule has 0 atom stereocenters. The lowest BCUT2D eigenvalue weighted by atomic mass is 10.1. The minimum atomic E-state index is 0.670. The highest BCUT2D eigenvalue weighted by Crippen LogP contribution is 2.13. The molecule has 23 heavy (non-hydrogen) atoms. The van der Waals surface area contributed by atoms with E-state index in [2.05, 4.69) is 60.6 Å². The van der Waals surface area contributed by atoms with Crippen LogP contribution in [0.15, 0.2) is 29.3 Å². The van der Waals surface area contributed by atoms with E-state index in [1.807, 2.05) is 0 Å². The van der Waals surface area contributed by atoms with Crippen molar-refractivity contribution in [1.29, 1.82) is 0 Å². The van der Waals surface area contributed by atoms with Gasteiger partial charge in [-0.1, -0.05) is 38.1 Å². The van der Waals surface area contributed by atoms with E-state index in [0.717, 1.165) is 38.7 Å². The summed E-state index contributed by atoms with van der Waals surface area (Å²) in [6, 6.07) is 8.56. The van der Waals surface area contributed by atoms with Gasteiger partial charge >= 0.3 is 0 Å². The van der Waals surface area contributed by atoms with Gasteiger partial charge in [0.15, 0.2) is 5.96 Å². The smallest absolute Gasteiger partial charge is 0.191 e. The number of nitrogens with one attached hydrogen (secondary N) is 2. The largest absolute Gasteiger partial charge is 0.383 e. The summed E-state index contributed by atoms with van der Waals surface area (Å²) in [4.78, 5) is 7.12. The quantitative estimate of drug-likeness (QED) is 0.394. The lowest BCUT2D eigenvalue weighted by Gasteiger charge is -2.20. The Morgan fingerprint density at radius 1 is 1.09 bits per heavy atom. The number of aliphatic imine (C=N–C) groups is 1. The van der Waals surface area contributed by atoms with Crippen LogP contribution in [0.2, 0.25) is 0 Å². The summed E-state index contributed by atoms with van der Waals surface area (Å²) in [6.07, 6.45) is 0. The molecule has 1 aromatic carbocycles. The average Bonchev–Trinajstić information content (AvgIpc) is 2.58. The third-order valence-electron chi connectivity index (χ3n) is 3.76. The first-order valence-corrected chi connectivity index (χ1v) is 8.55. The predicted octanol–water partition coefficient (Wildman–Crippen LogP) is 2.23. The number of guanidine groups is 1. The van der Waals surface area contributed by atoms with Crippen molar-refractivity contribution in [3.8, 4) is 0 Å². The molecule has 0 radical (unpaired) electrons. The summed E-state index contributed by atoms with van der Waals surface area (Å²) in [5.41, 5.74) is 2.64. The van der Waals surface area contributed by atoms with Crippen LogP contribution in [0.5, 0.6) is 0 Å². The summed E-state index contributed by atoms with van der Waals surface area (Å²) in [5.74, 6) is 0.835. The molecule has 0 aliphatic rings. The van der Waals surface area contributed by atoms with Gasteiger partial charge in [-0.05, 0) is 31.1 Å². The summed E-state index contributed by atoms with van der Waals surface area (Å²) in [6.45, 7) is 12.5. The second-order valence-corrected chi connectivity index (χ2v) is 5.34. The van der Waals surface area contributed by atoms with E-state index >= 15 is 0 Å². The maximum Gasteiger partial charge on any atom is 0.191 e. The first kappa shape index (κ1) is 19.5. The monoisotopic (exact) mass is 320 g/mol. The minimum absolute atomic E-state index is 0.670. The molecule has 0 saturated heterocycles. The van der Waals surface area contributed by atoms with Crippen molar-refractivity contribution in [3.05, 3.63) is 35.4 Å². The Bertz CT molecular complexity index is 458. The van der Waals surface area contributed by atoms with E-state index in [1.165, 1.54) is 11.1 Å². The van der Waals surface area contributed by atoms with Gasteiger partial charge in [-0.25, -0.2) is 4.99 Å². The minimum Gasteiger partial charge on any atom is -0.383 e. The van der Waals surface area contributed by atoms with Crippen LogP contribution in [0.1, 0.15) is 31.9 Å². The van der Waals surface area contributed by atoms with Crippen LogP contribution in [0.4, 0.5) is 0 Å². The fourth-order valence-electron chi connectivity index (χ4n) is 2.33. The van der Waals surface area contributed by atoms with Crippen LogP contribution in [-0.4, -0.2) is 50.8 Å². The van der Waals surface area contributed by atoms with Crippen molar-refractivity contribution >= 4 is 5.96 Å². The van der Waals surface area contributed by atoms with Crippen LogP contribution >= 0.6 is 0 Å². The number of methoxy groups -OCH3 is 1. The summed E-state index contributed by atoms with van der Waals surface area (Å²) < 4.78 is 5.07. The number of nitrogens with zero attached hydrogens (tertiary/aromatic N) is 2. The molecule has 0 fully saturated rings. The maximum absolute atomic E-state index is 5.07. The third-order valence-corrected chi connectivity index (χ3v) is 3.76. The van der Waals surface area contributed by atoms with E-state index in [0.29, 0.717) is 13.2 Å². The summed E-state index contributed by atoms with van der Waals surface area (Å²) in [7, 11) is 1.70. The molecule has 1 rings (SSSR count). The fraction of sp³-hybridized carbons (Fsp3) is 0.611. The molecular formula is C18H32N4O. The lowest BCUT2D eigenvalue weighted by molar-refractivity contribution is 0.203. The Morgan fingerprint density at radius 2 is 1.78 bits per heavy atom. The van der Waals surface area contributed by atoms with Gasteiger partial charge in [0.25, 0.3) is 0 Å². The van der Waals surface area contributed by atoms with E-state index in [-0.39, 0.29) is 0 Å². The summed E-state index contributed by atoms with van der Waals surface area (Å²) in [5, 5.41) is 6.55. The number of benzene rings is 1. The average molecular weight is 320 g/mol. The van der Waals surface area contributed by atoms with Gasteiger partial charge in [0.2, 0.25) is 0 Å². The molecule has 0 aromatic heterocycles. The highest BCUT2D eigenvalue weighted by molar-refractivity contribution is 5.79. The van der Waals surface area contributed by atoms with E-state index in [4.69, 9.17) is 9.73 Å². The molecule has 5 heteroatoms. The Hall–Kier alpha value is -1.59. The molecule has 130 valence electrons. The van der Waals surface area contributed by atoms with Crippen molar-refractivity contribution in [3.63, 3.8) is 0 Å². The molecule has 1 aromatic rings. The Labute approximate surface area is 141 Å². The van der Waals surface area contributed by atoms with Crippen molar-refractivity contribution in [2.45, 2.75) is 33.9 Å². The maximum atomic E-state index is 5.07. The van der Waals surface area contributed by atoms with Gasteiger partial charge < -0.3 is 15.4 Å². The van der Waals surface area contributed by atoms with Gasteiger partial charge in [-0.2, -0.15) is 0 Å². The van der Waals surface area contributed by atoms with E-state index in [1.54, 1.807) is 7.11 Å². The second kappa shape index (κ2) is 11.9. The topological polar surface area (TPSA) is 48.9 Å². The number of ether oxygens (including phenoxy) is 1. The van der Waals surface area contributed by atoms with Crippen molar-refractivity contribution in [2.75, 3.05) is 39.9 Å². The van der Waals surface area contributed by atoms with Gasteiger partial charge in [0.05, 0.1) is 13.2 Å². The molecule has 2 N–H and O–H groups in total. The molecule has 0 spiro atoms. The second-order valence-electron chi connectivity index (χ2n) is 5.34. The van der Waals surface area contributed by atoms with Crippen LogP contribution in [0, 0.1) is 0 Å². The summed E-state index contributed by atoms with van der Waals surface area (Å²) >= 11 is 0. The molecule has 0 unspecified atom stereocenters. The molecule has 0 aliphatic heterocycles. The van der Waals surface area contributed by atoms with Gasteiger partial charge in [0.1, 0.15) is 0 Å². The van der Waals surface area contributed by atoms with Crippen molar-refractivity contribution in [2.24, 2.45) is 4.99 Å². The molecule has 0 heterocycles. The zero-order valence-corrected chi connectivity index (χ0v) is 15.1. The van der Waals surface area contributed by atoms with Crippen LogP contribution in [-0.2, 0) is 17.8 Å². The molecule has 0 saturated carbocycles. The zero-order chi connectivity index (χ0) is 16.9. The predicted molar refractivity (Wildman–Crippen MR) is 97.8 cm³/mol. The van der Waals surface area contributed by atoms with Crippen molar-refractivity contribution < 1.29 is 4.74 Å². The van der Waals surface area contributed by atoms with Gasteiger partial charge in [0, 0.05) is 26.7 Å². The Kier molecular flexibility index (Phi) is 10.1. The van der Waals surface area contributed by atoms with E-state index in [9.17, 15) is 0 Å². The molecule has 0 aliphatic carbocycles. The van der Waals surface area contributed by atoms with Crippen molar-refractivity contribution in [1.82, 2.24) is 15.5 Å². The number of hydrogen-bond donors (Lipinski definition) is 2. The van der Waals surface area contributed by atoms with Gasteiger partial charge in [-0.15, -0.1) is 0 Å². The Morgan fingerprint density at radius 3 is 2.39 bits per heavy atom. The lowest BCUT2D eigenvalue weighted by Crippen LogP contribution is -2.38. The first-order valence-electron chi connectivity index (χ1n) is 8.55.